The lowest BCUT2D eigenvalue weighted by Crippen LogP contribution is -2.42. The van der Waals surface area contributed by atoms with Gasteiger partial charge in [0.2, 0.25) is 10.0 Å². The molecule has 0 radical (unpaired) electrons. The third kappa shape index (κ3) is 3.63. The molecule has 120 valence electrons. The number of methoxy groups -OCH3 is 1. The molecule has 1 aromatic rings. The highest BCUT2D eigenvalue weighted by Gasteiger charge is 2.31. The molecule has 0 aliphatic carbocycles. The second-order valence-electron chi connectivity index (χ2n) is 5.41. The Bertz CT molecular complexity index is 544. The molecule has 8 heteroatoms. The molecule has 0 saturated carbocycles. The van der Waals surface area contributed by atoms with E-state index in [1.165, 1.54) is 4.31 Å². The molecule has 21 heavy (non-hydrogen) atoms. The molecule has 7 nitrogen and oxygen atoms in total. The molecule has 2 N–H and O–H groups in total. The van der Waals surface area contributed by atoms with Crippen LogP contribution in [0.1, 0.15) is 24.2 Å². The number of sulfonamides is 1. The topological polar surface area (TPSA) is 87.3 Å². The maximum atomic E-state index is 12.9. The number of hydrogen-bond donors (Lipinski definition) is 2. The molecule has 2 heterocycles. The molecule has 1 atom stereocenters. The van der Waals surface area contributed by atoms with E-state index >= 15 is 0 Å². The average Bonchev–Trinajstić information content (AvgIpc) is 3.04. The number of aromatic amines is 1. The third-order valence-electron chi connectivity index (χ3n) is 3.79. The van der Waals surface area contributed by atoms with Gasteiger partial charge in [-0.3, -0.25) is 5.10 Å². The smallest absolute Gasteiger partial charge is 0.246 e. The molecule has 2 rings (SSSR count). The van der Waals surface area contributed by atoms with Crippen molar-refractivity contribution < 1.29 is 13.2 Å². The van der Waals surface area contributed by atoms with Gasteiger partial charge < -0.3 is 10.1 Å². The van der Waals surface area contributed by atoms with Crippen LogP contribution in [-0.2, 0) is 14.8 Å². The SMILES string of the molecule is COCCN(CC1CCCN1)S(=O)(=O)c1c(C)n[nH]c1C. The molecule has 0 bridgehead atoms. The molecule has 1 saturated heterocycles. The van der Waals surface area contributed by atoms with Crippen LogP contribution in [0.2, 0.25) is 0 Å². The Balaban J connectivity index is 2.25. The minimum absolute atomic E-state index is 0.212. The molecular formula is C13H24N4O3S. The van der Waals surface area contributed by atoms with Crippen molar-refractivity contribution in [1.29, 1.82) is 0 Å². The van der Waals surface area contributed by atoms with Gasteiger partial charge in [-0.05, 0) is 33.2 Å². The minimum atomic E-state index is -3.56. The van der Waals surface area contributed by atoms with Crippen LogP contribution in [-0.4, -0.2) is 62.3 Å². The number of aryl methyl sites for hydroxylation is 2. The Morgan fingerprint density at radius 3 is 2.71 bits per heavy atom. The summed E-state index contributed by atoms with van der Waals surface area (Å²) < 4.78 is 32.4. The fourth-order valence-electron chi connectivity index (χ4n) is 2.71. The molecule has 1 aromatic heterocycles. The molecule has 0 spiro atoms. The summed E-state index contributed by atoms with van der Waals surface area (Å²) in [6.45, 7) is 5.58. The van der Waals surface area contributed by atoms with E-state index in [9.17, 15) is 8.42 Å². The minimum Gasteiger partial charge on any atom is -0.383 e. The van der Waals surface area contributed by atoms with Crippen molar-refractivity contribution in [2.75, 3.05) is 33.4 Å². The lowest BCUT2D eigenvalue weighted by molar-refractivity contribution is 0.176. The van der Waals surface area contributed by atoms with Gasteiger partial charge in [0.15, 0.2) is 0 Å². The highest BCUT2D eigenvalue weighted by molar-refractivity contribution is 7.89. The summed E-state index contributed by atoms with van der Waals surface area (Å²) in [5.74, 6) is 0. The second-order valence-corrected chi connectivity index (χ2v) is 7.29. The van der Waals surface area contributed by atoms with E-state index in [4.69, 9.17) is 4.74 Å². The van der Waals surface area contributed by atoms with Crippen LogP contribution in [0.5, 0.6) is 0 Å². The summed E-state index contributed by atoms with van der Waals surface area (Å²) >= 11 is 0. The first kappa shape index (κ1) is 16.4. The molecule has 1 fully saturated rings. The van der Waals surface area contributed by atoms with Crippen molar-refractivity contribution in [2.24, 2.45) is 0 Å². The quantitative estimate of drug-likeness (QED) is 0.761. The van der Waals surface area contributed by atoms with Crippen LogP contribution in [0.4, 0.5) is 0 Å². The maximum absolute atomic E-state index is 12.9. The van der Waals surface area contributed by atoms with Crippen molar-refractivity contribution in [3.63, 3.8) is 0 Å². The van der Waals surface area contributed by atoms with Gasteiger partial charge in [-0.25, -0.2) is 8.42 Å². The van der Waals surface area contributed by atoms with Crippen molar-refractivity contribution in [2.45, 2.75) is 37.6 Å². The number of aromatic nitrogens is 2. The zero-order valence-corrected chi connectivity index (χ0v) is 13.7. The summed E-state index contributed by atoms with van der Waals surface area (Å²) in [6, 6.07) is 0.212. The monoisotopic (exact) mass is 316 g/mol. The lowest BCUT2D eigenvalue weighted by Gasteiger charge is -2.25. The van der Waals surface area contributed by atoms with Gasteiger partial charge in [0.25, 0.3) is 0 Å². The molecule has 1 aliphatic rings. The van der Waals surface area contributed by atoms with Crippen molar-refractivity contribution in [1.82, 2.24) is 19.8 Å². The van der Waals surface area contributed by atoms with Gasteiger partial charge in [-0.15, -0.1) is 0 Å². The van der Waals surface area contributed by atoms with Gasteiger partial charge in [0, 0.05) is 26.2 Å². The first-order chi connectivity index (χ1) is 9.96. The average molecular weight is 316 g/mol. The zero-order chi connectivity index (χ0) is 15.5. The van der Waals surface area contributed by atoms with Crippen LogP contribution in [0.25, 0.3) is 0 Å². The summed E-state index contributed by atoms with van der Waals surface area (Å²) in [4.78, 5) is 0.289. The van der Waals surface area contributed by atoms with Gasteiger partial charge in [0.05, 0.1) is 18.0 Å². The van der Waals surface area contributed by atoms with E-state index in [1.807, 2.05) is 0 Å². The molecule has 0 amide bonds. The van der Waals surface area contributed by atoms with Gasteiger partial charge in [0.1, 0.15) is 4.90 Å². The molecule has 0 aromatic carbocycles. The number of nitrogens with one attached hydrogen (secondary N) is 2. The standard InChI is InChI=1S/C13H24N4O3S/c1-10-13(11(2)16-15-10)21(18,19)17(7-8-20-3)9-12-5-4-6-14-12/h12,14H,4-9H2,1-3H3,(H,15,16). The normalized spacial score (nSPS) is 19.5. The summed E-state index contributed by atoms with van der Waals surface area (Å²) in [6.07, 6.45) is 2.09. The van der Waals surface area contributed by atoms with Crippen LogP contribution in [0.3, 0.4) is 0 Å². The highest BCUT2D eigenvalue weighted by Crippen LogP contribution is 2.22. The molecule has 1 aliphatic heterocycles. The summed E-state index contributed by atoms with van der Waals surface area (Å²) in [5, 5.41) is 10.1. The first-order valence-electron chi connectivity index (χ1n) is 7.21. The van der Waals surface area contributed by atoms with Crippen LogP contribution in [0.15, 0.2) is 4.90 Å². The predicted molar refractivity (Wildman–Crippen MR) is 79.7 cm³/mol. The Morgan fingerprint density at radius 2 is 2.19 bits per heavy atom. The summed E-state index contributed by atoms with van der Waals surface area (Å²) in [7, 11) is -1.98. The number of rotatable bonds is 7. The van der Waals surface area contributed by atoms with Gasteiger partial charge in [-0.2, -0.15) is 9.40 Å². The van der Waals surface area contributed by atoms with Gasteiger partial charge in [-0.1, -0.05) is 0 Å². The fraction of sp³-hybridized carbons (Fsp3) is 0.769. The Labute approximate surface area is 126 Å². The van der Waals surface area contributed by atoms with E-state index < -0.39 is 10.0 Å². The first-order valence-corrected chi connectivity index (χ1v) is 8.65. The van der Waals surface area contributed by atoms with Crippen LogP contribution >= 0.6 is 0 Å². The number of H-pyrrole nitrogens is 1. The van der Waals surface area contributed by atoms with Gasteiger partial charge >= 0.3 is 0 Å². The van der Waals surface area contributed by atoms with Crippen LogP contribution < -0.4 is 5.32 Å². The van der Waals surface area contributed by atoms with E-state index in [1.54, 1.807) is 21.0 Å². The Kier molecular flexibility index (Phi) is 5.37. The second kappa shape index (κ2) is 6.87. The van der Waals surface area contributed by atoms with E-state index in [-0.39, 0.29) is 10.9 Å². The number of nitrogens with zero attached hydrogens (tertiary/aromatic N) is 2. The largest absolute Gasteiger partial charge is 0.383 e. The van der Waals surface area contributed by atoms with Crippen molar-refractivity contribution in [3.05, 3.63) is 11.4 Å². The van der Waals surface area contributed by atoms with Crippen molar-refractivity contribution >= 4 is 10.0 Å². The lowest BCUT2D eigenvalue weighted by atomic mass is 10.2. The Hall–Kier alpha value is -0.960. The maximum Gasteiger partial charge on any atom is 0.246 e. The number of ether oxygens (including phenoxy) is 1. The number of hydrogen-bond acceptors (Lipinski definition) is 5. The predicted octanol–water partition coefficient (Wildman–Crippen LogP) is 0.416. The Morgan fingerprint density at radius 1 is 1.43 bits per heavy atom. The summed E-state index contributed by atoms with van der Waals surface area (Å²) in [5.41, 5.74) is 1.09. The third-order valence-corrected chi connectivity index (χ3v) is 5.92. The highest BCUT2D eigenvalue weighted by atomic mass is 32.2. The van der Waals surface area contributed by atoms with E-state index in [0.717, 1.165) is 19.4 Å². The van der Waals surface area contributed by atoms with E-state index in [0.29, 0.717) is 31.1 Å². The fourth-order valence-corrected chi connectivity index (χ4v) is 4.51. The zero-order valence-electron chi connectivity index (χ0n) is 12.8. The molecular weight excluding hydrogens is 292 g/mol. The van der Waals surface area contributed by atoms with Crippen LogP contribution in [0, 0.1) is 13.8 Å². The van der Waals surface area contributed by atoms with E-state index in [2.05, 4.69) is 15.5 Å². The van der Waals surface area contributed by atoms with Crippen molar-refractivity contribution in [3.8, 4) is 0 Å². The molecule has 1 unspecified atom stereocenters.